The molecule has 0 aliphatic heterocycles. The van der Waals surface area contributed by atoms with E-state index >= 15 is 0 Å². The summed E-state index contributed by atoms with van der Waals surface area (Å²) in [6.45, 7) is 0.531. The van der Waals surface area contributed by atoms with Gasteiger partial charge in [-0.15, -0.1) is 10.2 Å². The zero-order valence-corrected chi connectivity index (χ0v) is 18.2. The van der Waals surface area contributed by atoms with Crippen molar-refractivity contribution in [2.75, 3.05) is 12.9 Å². The van der Waals surface area contributed by atoms with Crippen LogP contribution in [0.15, 0.2) is 82.6 Å². The minimum absolute atomic E-state index is 0.124. The second kappa shape index (κ2) is 10.5. The van der Waals surface area contributed by atoms with E-state index in [2.05, 4.69) is 15.5 Å². The van der Waals surface area contributed by atoms with Crippen molar-refractivity contribution in [3.8, 4) is 17.2 Å². The Morgan fingerprint density at radius 1 is 1.03 bits per heavy atom. The number of carbonyl (C=O) groups is 1. The zero-order chi connectivity index (χ0) is 22.2. The number of thioether (sulfide) groups is 1. The van der Waals surface area contributed by atoms with Gasteiger partial charge in [0.15, 0.2) is 22.5 Å². The number of hydrogen-bond donors (Lipinski definition) is 1. The Hall–Kier alpha value is -3.72. The maximum absolute atomic E-state index is 12.3. The molecule has 8 nitrogen and oxygen atoms in total. The summed E-state index contributed by atoms with van der Waals surface area (Å²) >= 11 is 1.30. The summed E-state index contributed by atoms with van der Waals surface area (Å²) in [5, 5.41) is 12.0. The second-order valence-electron chi connectivity index (χ2n) is 6.65. The lowest BCUT2D eigenvalue weighted by molar-refractivity contribution is -0.118. The van der Waals surface area contributed by atoms with E-state index in [0.717, 1.165) is 5.69 Å². The summed E-state index contributed by atoms with van der Waals surface area (Å²) < 4.78 is 18.4. The number of methoxy groups -OCH3 is 1. The lowest BCUT2D eigenvalue weighted by Gasteiger charge is -2.12. The molecule has 164 valence electrons. The third-order valence-electron chi connectivity index (χ3n) is 4.51. The smallest absolute Gasteiger partial charge is 0.230 e. The molecular formula is C23H22N4O4S. The Balaban J connectivity index is 1.47. The molecule has 0 bridgehead atoms. The highest BCUT2D eigenvalue weighted by atomic mass is 32.2. The van der Waals surface area contributed by atoms with Gasteiger partial charge in [0, 0.05) is 5.69 Å². The van der Waals surface area contributed by atoms with Crippen molar-refractivity contribution in [1.82, 2.24) is 20.1 Å². The number of benzene rings is 2. The first kappa shape index (κ1) is 21.5. The molecule has 0 aliphatic carbocycles. The zero-order valence-electron chi connectivity index (χ0n) is 17.4. The number of carbonyl (C=O) groups excluding carboxylic acids is 1. The van der Waals surface area contributed by atoms with Gasteiger partial charge in [0.25, 0.3) is 0 Å². The molecule has 0 saturated carbocycles. The fourth-order valence-electron chi connectivity index (χ4n) is 2.98. The minimum Gasteiger partial charge on any atom is -0.493 e. The summed E-state index contributed by atoms with van der Waals surface area (Å²) in [6.07, 6.45) is 1.58. The fourth-order valence-corrected chi connectivity index (χ4v) is 3.78. The Bertz CT molecular complexity index is 1150. The largest absolute Gasteiger partial charge is 0.493 e. The van der Waals surface area contributed by atoms with Gasteiger partial charge < -0.3 is 19.2 Å². The molecule has 0 fully saturated rings. The molecular weight excluding hydrogens is 428 g/mol. The van der Waals surface area contributed by atoms with E-state index in [0.29, 0.717) is 34.8 Å². The molecule has 0 aliphatic rings. The van der Waals surface area contributed by atoms with Crippen LogP contribution in [-0.2, 0) is 17.9 Å². The van der Waals surface area contributed by atoms with E-state index in [4.69, 9.17) is 13.9 Å². The maximum atomic E-state index is 12.3. The third-order valence-corrected chi connectivity index (χ3v) is 5.44. The lowest BCUT2D eigenvalue weighted by Crippen LogP contribution is -2.24. The molecule has 0 spiro atoms. The molecule has 4 aromatic rings. The molecule has 2 heterocycles. The van der Waals surface area contributed by atoms with E-state index in [1.54, 1.807) is 19.4 Å². The van der Waals surface area contributed by atoms with Crippen LogP contribution in [0.2, 0.25) is 0 Å². The van der Waals surface area contributed by atoms with Crippen LogP contribution in [0, 0.1) is 0 Å². The van der Waals surface area contributed by atoms with Gasteiger partial charge in [-0.3, -0.25) is 9.36 Å². The Kier molecular flexibility index (Phi) is 7.08. The number of aromatic nitrogens is 3. The van der Waals surface area contributed by atoms with Gasteiger partial charge in [-0.05, 0) is 36.4 Å². The van der Waals surface area contributed by atoms with Crippen molar-refractivity contribution in [3.05, 3.63) is 84.6 Å². The van der Waals surface area contributed by atoms with Gasteiger partial charge >= 0.3 is 0 Å². The third kappa shape index (κ3) is 5.30. The van der Waals surface area contributed by atoms with Crippen molar-refractivity contribution in [2.45, 2.75) is 18.3 Å². The van der Waals surface area contributed by atoms with Crippen LogP contribution in [-0.4, -0.2) is 33.5 Å². The highest BCUT2D eigenvalue weighted by molar-refractivity contribution is 7.99. The van der Waals surface area contributed by atoms with Crippen molar-refractivity contribution in [3.63, 3.8) is 0 Å². The van der Waals surface area contributed by atoms with E-state index in [-0.39, 0.29) is 18.3 Å². The molecule has 32 heavy (non-hydrogen) atoms. The summed E-state index contributed by atoms with van der Waals surface area (Å²) in [4.78, 5) is 12.3. The van der Waals surface area contributed by atoms with Crippen LogP contribution >= 0.6 is 11.8 Å². The number of rotatable bonds is 10. The summed E-state index contributed by atoms with van der Waals surface area (Å²) in [5.41, 5.74) is 0.884. The Morgan fingerprint density at radius 3 is 2.56 bits per heavy atom. The molecule has 2 aromatic heterocycles. The molecule has 0 radical (unpaired) electrons. The van der Waals surface area contributed by atoms with Crippen LogP contribution in [0.25, 0.3) is 5.69 Å². The summed E-state index contributed by atoms with van der Waals surface area (Å²) in [5.74, 6) is 2.64. The first-order valence-electron chi connectivity index (χ1n) is 9.92. The standard InChI is InChI=1S/C23H22N4O4S/c1-29-19-11-5-6-12-20(19)31-15-21-25-26-23(27(21)17-8-3-2-4-9-17)32-16-22(28)24-14-18-10-7-13-30-18/h2-13H,14-16H2,1H3,(H,24,28). The SMILES string of the molecule is COc1ccccc1OCc1nnc(SCC(=O)NCc2ccco2)n1-c1ccccc1. The van der Waals surface area contributed by atoms with E-state index < -0.39 is 0 Å². The van der Waals surface area contributed by atoms with Gasteiger partial charge in [-0.2, -0.15) is 0 Å². The highest BCUT2D eigenvalue weighted by Gasteiger charge is 2.17. The van der Waals surface area contributed by atoms with Crippen molar-refractivity contribution in [1.29, 1.82) is 0 Å². The molecule has 0 saturated heterocycles. The van der Waals surface area contributed by atoms with Crippen LogP contribution in [0.3, 0.4) is 0 Å². The first-order chi connectivity index (χ1) is 15.7. The van der Waals surface area contributed by atoms with Crippen LogP contribution < -0.4 is 14.8 Å². The molecule has 2 aromatic carbocycles. The summed E-state index contributed by atoms with van der Waals surface area (Å²) in [7, 11) is 1.60. The predicted octanol–water partition coefficient (Wildman–Crippen LogP) is 3.86. The van der Waals surface area contributed by atoms with Crippen molar-refractivity contribution >= 4 is 17.7 Å². The topological polar surface area (TPSA) is 91.4 Å². The van der Waals surface area contributed by atoms with Gasteiger partial charge in [-0.1, -0.05) is 42.1 Å². The normalized spacial score (nSPS) is 10.7. The van der Waals surface area contributed by atoms with Crippen LogP contribution in [0.4, 0.5) is 0 Å². The van der Waals surface area contributed by atoms with Crippen molar-refractivity contribution in [2.24, 2.45) is 0 Å². The van der Waals surface area contributed by atoms with Crippen LogP contribution in [0.1, 0.15) is 11.6 Å². The van der Waals surface area contributed by atoms with Gasteiger partial charge in [0.2, 0.25) is 5.91 Å². The average Bonchev–Trinajstić information content (AvgIpc) is 3.50. The van der Waals surface area contributed by atoms with E-state index in [1.807, 2.05) is 65.2 Å². The number of ether oxygens (including phenoxy) is 2. The van der Waals surface area contributed by atoms with Gasteiger partial charge in [0.1, 0.15) is 12.4 Å². The monoisotopic (exact) mass is 450 g/mol. The highest BCUT2D eigenvalue weighted by Crippen LogP contribution is 2.28. The first-order valence-corrected chi connectivity index (χ1v) is 10.9. The maximum Gasteiger partial charge on any atom is 0.230 e. The second-order valence-corrected chi connectivity index (χ2v) is 7.60. The molecule has 0 unspecified atom stereocenters. The Labute approximate surface area is 189 Å². The molecule has 1 N–H and O–H groups in total. The number of nitrogens with one attached hydrogen (secondary N) is 1. The van der Waals surface area contributed by atoms with Gasteiger partial charge in [-0.25, -0.2) is 0 Å². The summed E-state index contributed by atoms with van der Waals surface area (Å²) in [6, 6.07) is 20.7. The van der Waals surface area contributed by atoms with Crippen molar-refractivity contribution < 1.29 is 18.7 Å². The van der Waals surface area contributed by atoms with Crippen LogP contribution in [0.5, 0.6) is 11.5 Å². The number of para-hydroxylation sites is 3. The molecule has 4 rings (SSSR count). The molecule has 1 amide bonds. The number of hydrogen-bond acceptors (Lipinski definition) is 7. The van der Waals surface area contributed by atoms with E-state index in [9.17, 15) is 4.79 Å². The van der Waals surface area contributed by atoms with Gasteiger partial charge in [0.05, 0.1) is 25.7 Å². The number of furan rings is 1. The van der Waals surface area contributed by atoms with E-state index in [1.165, 1.54) is 11.8 Å². The number of amides is 1. The minimum atomic E-state index is -0.124. The quantitative estimate of drug-likeness (QED) is 0.367. The number of nitrogens with zero attached hydrogens (tertiary/aromatic N) is 3. The predicted molar refractivity (Wildman–Crippen MR) is 120 cm³/mol. The molecule has 0 atom stereocenters. The average molecular weight is 451 g/mol. The lowest BCUT2D eigenvalue weighted by atomic mass is 10.3. The Morgan fingerprint density at radius 2 is 1.81 bits per heavy atom. The molecule has 9 heteroatoms. The fraction of sp³-hybridized carbons (Fsp3) is 0.174.